The fourth-order valence-corrected chi connectivity index (χ4v) is 2.25. The Morgan fingerprint density at radius 1 is 1.30 bits per heavy atom. The van der Waals surface area contributed by atoms with E-state index in [2.05, 4.69) is 9.97 Å². The summed E-state index contributed by atoms with van der Waals surface area (Å²) in [4.78, 5) is 19.5. The molecule has 20 heavy (non-hydrogen) atoms. The molecule has 0 fully saturated rings. The van der Waals surface area contributed by atoms with Crippen LogP contribution in [0.3, 0.4) is 0 Å². The van der Waals surface area contributed by atoms with Gasteiger partial charge in [0.25, 0.3) is 0 Å². The molecule has 1 N–H and O–H groups in total. The number of allylic oxidation sites excluding steroid dienone is 1. The van der Waals surface area contributed by atoms with Gasteiger partial charge in [0.15, 0.2) is 5.78 Å². The maximum Gasteiger partial charge on any atom is 0.190 e. The molecule has 0 saturated heterocycles. The molecule has 0 aliphatic heterocycles. The first-order valence-electron chi connectivity index (χ1n) is 6.37. The van der Waals surface area contributed by atoms with Gasteiger partial charge < -0.3 is 9.40 Å². The van der Waals surface area contributed by atoms with E-state index < -0.39 is 0 Å². The molecule has 0 aliphatic carbocycles. The van der Waals surface area contributed by atoms with Gasteiger partial charge in [-0.1, -0.05) is 18.2 Å². The highest BCUT2D eigenvalue weighted by Crippen LogP contribution is 2.26. The second kappa shape index (κ2) is 4.81. The van der Waals surface area contributed by atoms with Crippen LogP contribution in [0.15, 0.2) is 41.1 Å². The van der Waals surface area contributed by atoms with E-state index >= 15 is 0 Å². The SMILES string of the molecule is Cc1[nH]cnc1/C=C/C(=O)c1c(C)oc2ccccc12. The Kier molecular flexibility index (Phi) is 2.99. The van der Waals surface area contributed by atoms with E-state index in [1.165, 1.54) is 6.08 Å². The molecule has 2 aromatic heterocycles. The minimum absolute atomic E-state index is 0.0742. The number of hydrogen-bond donors (Lipinski definition) is 1. The van der Waals surface area contributed by atoms with E-state index in [0.29, 0.717) is 11.3 Å². The van der Waals surface area contributed by atoms with Crippen molar-refractivity contribution in [3.05, 3.63) is 59.4 Å². The van der Waals surface area contributed by atoms with Crippen LogP contribution in [0.5, 0.6) is 0 Å². The Balaban J connectivity index is 1.99. The number of nitrogens with zero attached hydrogens (tertiary/aromatic N) is 1. The van der Waals surface area contributed by atoms with E-state index in [0.717, 1.165) is 22.4 Å². The normalized spacial score (nSPS) is 11.5. The molecule has 0 amide bonds. The van der Waals surface area contributed by atoms with Gasteiger partial charge in [-0.3, -0.25) is 4.79 Å². The van der Waals surface area contributed by atoms with Crippen molar-refractivity contribution in [2.75, 3.05) is 0 Å². The van der Waals surface area contributed by atoms with Crippen LogP contribution >= 0.6 is 0 Å². The van der Waals surface area contributed by atoms with Crippen LogP contribution in [0.1, 0.15) is 27.5 Å². The van der Waals surface area contributed by atoms with Crippen LogP contribution < -0.4 is 0 Å². The molecule has 4 heteroatoms. The predicted molar refractivity (Wildman–Crippen MR) is 77.6 cm³/mol. The highest BCUT2D eigenvalue weighted by Gasteiger charge is 2.15. The number of rotatable bonds is 3. The van der Waals surface area contributed by atoms with Crippen LogP contribution in [-0.2, 0) is 0 Å². The monoisotopic (exact) mass is 266 g/mol. The van der Waals surface area contributed by atoms with Gasteiger partial charge in [0.05, 0.1) is 17.6 Å². The number of furan rings is 1. The van der Waals surface area contributed by atoms with E-state index in [4.69, 9.17) is 4.42 Å². The lowest BCUT2D eigenvalue weighted by atomic mass is 10.1. The van der Waals surface area contributed by atoms with Crippen molar-refractivity contribution in [1.29, 1.82) is 0 Å². The van der Waals surface area contributed by atoms with E-state index in [1.54, 1.807) is 19.3 Å². The summed E-state index contributed by atoms with van der Waals surface area (Å²) < 4.78 is 5.60. The second-order valence-electron chi connectivity index (χ2n) is 4.64. The van der Waals surface area contributed by atoms with Gasteiger partial charge in [0.2, 0.25) is 0 Å². The topological polar surface area (TPSA) is 58.9 Å². The largest absolute Gasteiger partial charge is 0.461 e. The molecule has 0 bridgehead atoms. The quantitative estimate of drug-likeness (QED) is 0.581. The number of para-hydroxylation sites is 1. The smallest absolute Gasteiger partial charge is 0.190 e. The Morgan fingerprint density at radius 3 is 2.85 bits per heavy atom. The molecule has 4 nitrogen and oxygen atoms in total. The number of fused-ring (bicyclic) bond motifs is 1. The first kappa shape index (κ1) is 12.4. The lowest BCUT2D eigenvalue weighted by molar-refractivity contribution is 0.104. The summed E-state index contributed by atoms with van der Waals surface area (Å²) >= 11 is 0. The number of carbonyl (C=O) groups excluding carboxylic acids is 1. The molecule has 3 aromatic rings. The zero-order valence-corrected chi connectivity index (χ0v) is 11.3. The minimum Gasteiger partial charge on any atom is -0.461 e. The summed E-state index contributed by atoms with van der Waals surface area (Å²) in [6, 6.07) is 7.55. The van der Waals surface area contributed by atoms with Crippen molar-refractivity contribution < 1.29 is 9.21 Å². The zero-order chi connectivity index (χ0) is 14.1. The molecule has 0 unspecified atom stereocenters. The maximum absolute atomic E-state index is 12.4. The third-order valence-corrected chi connectivity index (χ3v) is 3.28. The van der Waals surface area contributed by atoms with Crippen LogP contribution in [0.25, 0.3) is 17.0 Å². The Morgan fingerprint density at radius 2 is 2.10 bits per heavy atom. The number of aromatic nitrogens is 2. The van der Waals surface area contributed by atoms with Crippen molar-refractivity contribution >= 4 is 22.8 Å². The standard InChI is InChI=1S/C16H14N2O2/c1-10-13(18-9-17-10)7-8-14(19)16-11(2)20-15-6-4-3-5-12(15)16/h3-9H,1-2H3,(H,17,18)/b8-7+. The summed E-state index contributed by atoms with van der Waals surface area (Å²) in [5, 5.41) is 0.846. The van der Waals surface area contributed by atoms with Gasteiger partial charge in [-0.05, 0) is 32.1 Å². The lowest BCUT2D eigenvalue weighted by Gasteiger charge is -1.94. The molecule has 3 rings (SSSR count). The second-order valence-corrected chi connectivity index (χ2v) is 4.64. The number of hydrogen-bond acceptors (Lipinski definition) is 3. The minimum atomic E-state index is -0.0742. The van der Waals surface area contributed by atoms with Crippen molar-refractivity contribution in [3.63, 3.8) is 0 Å². The summed E-state index contributed by atoms with van der Waals surface area (Å²) in [6.45, 7) is 3.72. The van der Waals surface area contributed by atoms with E-state index in [-0.39, 0.29) is 5.78 Å². The highest BCUT2D eigenvalue weighted by atomic mass is 16.3. The number of benzene rings is 1. The molecule has 0 aliphatic rings. The summed E-state index contributed by atoms with van der Waals surface area (Å²) in [7, 11) is 0. The van der Waals surface area contributed by atoms with Gasteiger partial charge in [-0.15, -0.1) is 0 Å². The van der Waals surface area contributed by atoms with Gasteiger partial charge in [0.1, 0.15) is 11.3 Å². The van der Waals surface area contributed by atoms with E-state index in [1.807, 2.05) is 31.2 Å². The molecule has 2 heterocycles. The van der Waals surface area contributed by atoms with Crippen molar-refractivity contribution in [2.24, 2.45) is 0 Å². The van der Waals surface area contributed by atoms with Crippen LogP contribution in [0.2, 0.25) is 0 Å². The predicted octanol–water partition coefficient (Wildman–Crippen LogP) is 3.67. The fourth-order valence-electron chi connectivity index (χ4n) is 2.25. The number of ketones is 1. The van der Waals surface area contributed by atoms with Gasteiger partial charge in [0, 0.05) is 11.1 Å². The average molecular weight is 266 g/mol. The van der Waals surface area contributed by atoms with Crippen molar-refractivity contribution in [2.45, 2.75) is 13.8 Å². The summed E-state index contributed by atoms with van der Waals surface area (Å²) in [5.74, 6) is 0.564. The lowest BCUT2D eigenvalue weighted by Crippen LogP contribution is -1.95. The molecular formula is C16H14N2O2. The molecule has 0 radical (unpaired) electrons. The molecule has 1 aromatic carbocycles. The molecule has 0 atom stereocenters. The van der Waals surface area contributed by atoms with Gasteiger partial charge in [-0.2, -0.15) is 0 Å². The first-order valence-corrected chi connectivity index (χ1v) is 6.37. The Labute approximate surface area is 116 Å². The highest BCUT2D eigenvalue weighted by molar-refractivity contribution is 6.15. The molecule has 0 saturated carbocycles. The van der Waals surface area contributed by atoms with Crippen molar-refractivity contribution in [1.82, 2.24) is 9.97 Å². The van der Waals surface area contributed by atoms with Gasteiger partial charge in [-0.25, -0.2) is 4.98 Å². The van der Waals surface area contributed by atoms with Crippen LogP contribution in [0.4, 0.5) is 0 Å². The zero-order valence-electron chi connectivity index (χ0n) is 11.3. The van der Waals surface area contributed by atoms with E-state index in [9.17, 15) is 4.79 Å². The molecule has 0 spiro atoms. The Bertz CT molecular complexity index is 809. The number of carbonyl (C=O) groups is 1. The fraction of sp³-hybridized carbons (Fsp3) is 0.125. The number of nitrogens with one attached hydrogen (secondary N) is 1. The number of H-pyrrole nitrogens is 1. The Hall–Kier alpha value is -2.62. The van der Waals surface area contributed by atoms with Gasteiger partial charge >= 0.3 is 0 Å². The van der Waals surface area contributed by atoms with Crippen LogP contribution in [-0.4, -0.2) is 15.8 Å². The number of imidazole rings is 1. The summed E-state index contributed by atoms with van der Waals surface area (Å²) in [6.07, 6.45) is 4.86. The average Bonchev–Trinajstić information content (AvgIpc) is 2.98. The third kappa shape index (κ3) is 2.05. The number of aryl methyl sites for hydroxylation is 2. The molecule has 100 valence electrons. The van der Waals surface area contributed by atoms with Crippen molar-refractivity contribution in [3.8, 4) is 0 Å². The first-order chi connectivity index (χ1) is 9.66. The van der Waals surface area contributed by atoms with Crippen LogP contribution in [0, 0.1) is 13.8 Å². The number of aromatic amines is 1. The summed E-state index contributed by atoms with van der Waals surface area (Å²) in [5.41, 5.74) is 3.05. The maximum atomic E-state index is 12.4. The molecular weight excluding hydrogens is 252 g/mol. The third-order valence-electron chi connectivity index (χ3n) is 3.28.